The Bertz CT molecular complexity index is 1170. The molecule has 0 saturated carbocycles. The van der Waals surface area contributed by atoms with E-state index in [4.69, 9.17) is 9.47 Å². The first-order chi connectivity index (χ1) is 14.4. The van der Waals surface area contributed by atoms with Crippen molar-refractivity contribution in [3.63, 3.8) is 0 Å². The van der Waals surface area contributed by atoms with E-state index >= 15 is 0 Å². The molecule has 1 aromatic heterocycles. The van der Waals surface area contributed by atoms with Crippen LogP contribution in [0.15, 0.2) is 47.8 Å². The number of ether oxygens (including phenoxy) is 2. The first-order valence-electron chi connectivity index (χ1n) is 9.08. The lowest BCUT2D eigenvalue weighted by Crippen LogP contribution is -2.12. The summed E-state index contributed by atoms with van der Waals surface area (Å²) < 4.78 is 35.6. The van der Waals surface area contributed by atoms with Crippen LogP contribution in [-0.4, -0.2) is 32.4 Å². The molecule has 0 unspecified atom stereocenters. The number of hydrogen-bond acceptors (Lipinski definition) is 7. The Balaban J connectivity index is 1.33. The lowest BCUT2D eigenvalue weighted by molar-refractivity contribution is -0.116. The number of fused-ring (bicyclic) bond motifs is 1. The van der Waals surface area contributed by atoms with Crippen molar-refractivity contribution in [2.45, 2.75) is 12.8 Å². The minimum atomic E-state index is -3.32. The maximum absolute atomic E-state index is 12.3. The van der Waals surface area contributed by atoms with Gasteiger partial charge in [0, 0.05) is 23.1 Å². The number of rotatable bonds is 7. The zero-order chi connectivity index (χ0) is 21.1. The third kappa shape index (κ3) is 5.08. The number of anilines is 2. The number of carbonyl (C=O) groups is 1. The molecule has 0 fully saturated rings. The van der Waals surface area contributed by atoms with Crippen LogP contribution in [0.3, 0.4) is 0 Å². The predicted octanol–water partition coefficient (Wildman–Crippen LogP) is 3.48. The highest BCUT2D eigenvalue weighted by molar-refractivity contribution is 7.92. The van der Waals surface area contributed by atoms with Gasteiger partial charge in [-0.1, -0.05) is 18.2 Å². The molecule has 8 nitrogen and oxygen atoms in total. The lowest BCUT2D eigenvalue weighted by Gasteiger charge is -2.04. The van der Waals surface area contributed by atoms with Crippen molar-refractivity contribution < 1.29 is 22.7 Å². The van der Waals surface area contributed by atoms with Crippen molar-refractivity contribution in [2.24, 2.45) is 0 Å². The third-order valence-corrected chi connectivity index (χ3v) is 5.68. The van der Waals surface area contributed by atoms with Crippen molar-refractivity contribution in [3.8, 4) is 22.8 Å². The molecule has 2 heterocycles. The molecule has 0 bridgehead atoms. The van der Waals surface area contributed by atoms with Crippen LogP contribution in [0, 0.1) is 0 Å². The van der Waals surface area contributed by atoms with E-state index in [1.54, 1.807) is 24.3 Å². The molecule has 30 heavy (non-hydrogen) atoms. The number of thiazole rings is 1. The highest BCUT2D eigenvalue weighted by Gasteiger charge is 2.14. The second kappa shape index (κ2) is 8.33. The highest BCUT2D eigenvalue weighted by atomic mass is 32.2. The largest absolute Gasteiger partial charge is 0.454 e. The topological polar surface area (TPSA) is 107 Å². The van der Waals surface area contributed by atoms with Gasteiger partial charge in [0.2, 0.25) is 22.7 Å². The number of hydrogen-bond donors (Lipinski definition) is 2. The van der Waals surface area contributed by atoms with Crippen molar-refractivity contribution in [1.82, 2.24) is 4.98 Å². The summed E-state index contributed by atoms with van der Waals surface area (Å²) in [5.41, 5.74) is 3.01. The molecular formula is C20H19N3O5S2. The summed E-state index contributed by atoms with van der Waals surface area (Å²) in [6, 6.07) is 12.5. The lowest BCUT2D eigenvalue weighted by atomic mass is 10.1. The van der Waals surface area contributed by atoms with E-state index in [1.165, 1.54) is 11.3 Å². The summed E-state index contributed by atoms with van der Waals surface area (Å²) in [6.45, 7) is 0.225. The zero-order valence-electron chi connectivity index (χ0n) is 16.0. The van der Waals surface area contributed by atoms with Gasteiger partial charge in [-0.05, 0) is 36.2 Å². The van der Waals surface area contributed by atoms with Gasteiger partial charge < -0.3 is 14.8 Å². The summed E-state index contributed by atoms with van der Waals surface area (Å²) in [5, 5.41) is 5.17. The summed E-state index contributed by atoms with van der Waals surface area (Å²) in [5.74, 6) is 1.30. The van der Waals surface area contributed by atoms with Crippen LogP contribution in [0.2, 0.25) is 0 Å². The minimum absolute atomic E-state index is 0.124. The van der Waals surface area contributed by atoms with Crippen LogP contribution in [0.4, 0.5) is 10.8 Å². The van der Waals surface area contributed by atoms with Gasteiger partial charge in [-0.3, -0.25) is 9.52 Å². The van der Waals surface area contributed by atoms with E-state index in [9.17, 15) is 13.2 Å². The van der Waals surface area contributed by atoms with Gasteiger partial charge in [0.1, 0.15) is 0 Å². The van der Waals surface area contributed by atoms with E-state index in [2.05, 4.69) is 15.0 Å². The number of benzene rings is 2. The van der Waals surface area contributed by atoms with Crippen molar-refractivity contribution in [3.05, 3.63) is 53.4 Å². The van der Waals surface area contributed by atoms with Crippen LogP contribution in [-0.2, 0) is 21.2 Å². The Morgan fingerprint density at radius 1 is 1.13 bits per heavy atom. The standard InChI is InChI=1S/C20H19N3O5S2/c1-30(25,26)23-15-6-4-14(5-7-15)16-11-29-20(21-16)22-19(24)9-3-13-2-8-17-18(10-13)28-12-27-17/h2,4-8,10-11,23H,3,9,12H2,1H3,(H,21,22,24). The van der Waals surface area contributed by atoms with Gasteiger partial charge in [0.05, 0.1) is 11.9 Å². The maximum atomic E-state index is 12.3. The van der Waals surface area contributed by atoms with E-state index in [-0.39, 0.29) is 12.7 Å². The van der Waals surface area contributed by atoms with Crippen LogP contribution >= 0.6 is 11.3 Å². The smallest absolute Gasteiger partial charge is 0.231 e. The fourth-order valence-corrected chi connectivity index (χ4v) is 4.22. The SMILES string of the molecule is CS(=O)(=O)Nc1ccc(-c2csc(NC(=O)CCc3ccc4c(c3)OCO4)n2)cc1. The van der Waals surface area contributed by atoms with Crippen LogP contribution in [0.25, 0.3) is 11.3 Å². The average molecular weight is 446 g/mol. The van der Waals surface area contributed by atoms with E-state index in [0.717, 1.165) is 23.1 Å². The fourth-order valence-electron chi connectivity index (χ4n) is 2.92. The second-order valence-electron chi connectivity index (χ2n) is 6.73. The number of carbonyl (C=O) groups excluding carboxylic acids is 1. The first kappa shape index (κ1) is 20.2. The van der Waals surface area contributed by atoms with Gasteiger partial charge in [0.15, 0.2) is 16.6 Å². The van der Waals surface area contributed by atoms with Crippen molar-refractivity contribution >= 4 is 38.1 Å². The number of nitrogens with one attached hydrogen (secondary N) is 2. The van der Waals surface area contributed by atoms with Crippen molar-refractivity contribution in [1.29, 1.82) is 0 Å². The van der Waals surface area contributed by atoms with Crippen LogP contribution in [0.1, 0.15) is 12.0 Å². The highest BCUT2D eigenvalue weighted by Crippen LogP contribution is 2.33. The molecule has 156 valence electrons. The third-order valence-electron chi connectivity index (χ3n) is 4.31. The first-order valence-corrected chi connectivity index (χ1v) is 11.8. The van der Waals surface area contributed by atoms with Gasteiger partial charge in [-0.2, -0.15) is 0 Å². The Hall–Kier alpha value is -3.11. The molecule has 0 radical (unpaired) electrons. The number of nitrogens with zero attached hydrogens (tertiary/aromatic N) is 1. The molecule has 0 atom stereocenters. The van der Waals surface area contributed by atoms with Gasteiger partial charge in [-0.25, -0.2) is 13.4 Å². The van der Waals surface area contributed by atoms with Crippen molar-refractivity contribution in [2.75, 3.05) is 23.1 Å². The summed E-state index contributed by atoms with van der Waals surface area (Å²) >= 11 is 1.33. The Morgan fingerprint density at radius 3 is 2.67 bits per heavy atom. The van der Waals surface area contributed by atoms with E-state index < -0.39 is 10.0 Å². The molecule has 1 amide bonds. The number of amides is 1. The molecule has 1 aliphatic rings. The summed E-state index contributed by atoms with van der Waals surface area (Å²) in [7, 11) is -3.32. The zero-order valence-corrected chi connectivity index (χ0v) is 17.7. The summed E-state index contributed by atoms with van der Waals surface area (Å²) in [4.78, 5) is 16.7. The second-order valence-corrected chi connectivity index (χ2v) is 9.33. The Morgan fingerprint density at radius 2 is 1.90 bits per heavy atom. The van der Waals surface area contributed by atoms with Crippen LogP contribution < -0.4 is 19.5 Å². The molecule has 0 aliphatic carbocycles. The molecular weight excluding hydrogens is 426 g/mol. The minimum Gasteiger partial charge on any atom is -0.454 e. The number of sulfonamides is 1. The fraction of sp³-hybridized carbons (Fsp3) is 0.200. The maximum Gasteiger partial charge on any atom is 0.231 e. The quantitative estimate of drug-likeness (QED) is 0.577. The molecule has 2 aromatic carbocycles. The normalized spacial score (nSPS) is 12.6. The predicted molar refractivity (Wildman–Crippen MR) is 116 cm³/mol. The molecule has 10 heteroatoms. The molecule has 4 rings (SSSR count). The summed E-state index contributed by atoms with van der Waals surface area (Å²) in [6.07, 6.45) is 2.00. The van der Waals surface area contributed by atoms with Crippen LogP contribution in [0.5, 0.6) is 11.5 Å². The van der Waals surface area contributed by atoms with Gasteiger partial charge in [0.25, 0.3) is 0 Å². The Labute approximate surface area is 177 Å². The molecule has 2 N–H and O–H groups in total. The van der Waals surface area contributed by atoms with E-state index in [1.807, 2.05) is 23.6 Å². The molecule has 1 aliphatic heterocycles. The average Bonchev–Trinajstić information content (AvgIpc) is 3.34. The molecule has 0 spiro atoms. The van der Waals surface area contributed by atoms with Gasteiger partial charge >= 0.3 is 0 Å². The monoisotopic (exact) mass is 445 g/mol. The Kier molecular flexibility index (Phi) is 5.60. The van der Waals surface area contributed by atoms with Gasteiger partial charge in [-0.15, -0.1) is 11.3 Å². The molecule has 3 aromatic rings. The number of aryl methyl sites for hydroxylation is 1. The number of aromatic nitrogens is 1. The van der Waals surface area contributed by atoms with E-state index in [0.29, 0.717) is 35.1 Å². The molecule has 0 saturated heterocycles.